The van der Waals surface area contributed by atoms with E-state index in [-0.39, 0.29) is 0 Å². The average molecular weight is 177 g/mol. The van der Waals surface area contributed by atoms with Gasteiger partial charge in [-0.05, 0) is 12.1 Å². The molecular formula is C10H11NS. The lowest BCUT2D eigenvalue weighted by molar-refractivity contribution is 0.992. The summed E-state index contributed by atoms with van der Waals surface area (Å²) in [6.45, 7) is 3.81. The first-order valence-corrected chi connectivity index (χ1v) is 4.82. The number of benzene rings is 1. The van der Waals surface area contributed by atoms with Gasteiger partial charge in [-0.2, -0.15) is 0 Å². The third kappa shape index (κ3) is 1.03. The van der Waals surface area contributed by atoms with E-state index < -0.39 is 0 Å². The van der Waals surface area contributed by atoms with Crippen LogP contribution < -0.4 is 4.90 Å². The molecule has 1 aliphatic heterocycles. The van der Waals surface area contributed by atoms with Crippen LogP contribution in [0.25, 0.3) is 0 Å². The molecular weight excluding hydrogens is 166 g/mol. The zero-order valence-electron chi connectivity index (χ0n) is 7.03. The molecule has 2 heteroatoms. The Bertz CT molecular complexity index is 308. The molecule has 0 fully saturated rings. The maximum Gasteiger partial charge on any atom is 0.0977 e. The third-order valence-electron chi connectivity index (χ3n) is 2.08. The number of para-hydroxylation sites is 1. The van der Waals surface area contributed by atoms with Gasteiger partial charge in [0.25, 0.3) is 0 Å². The Labute approximate surface area is 77.1 Å². The fraction of sp³-hybridized carbons (Fsp3) is 0.200. The Balaban J connectivity index is 2.41. The van der Waals surface area contributed by atoms with Crippen LogP contribution in [0, 0.1) is 0 Å². The second-order valence-electron chi connectivity index (χ2n) is 2.82. The van der Waals surface area contributed by atoms with Gasteiger partial charge in [-0.1, -0.05) is 30.0 Å². The van der Waals surface area contributed by atoms with Crippen LogP contribution in [0.3, 0.4) is 0 Å². The second-order valence-corrected chi connectivity index (χ2v) is 3.98. The van der Waals surface area contributed by atoms with E-state index in [9.17, 15) is 0 Å². The van der Waals surface area contributed by atoms with Crippen molar-refractivity contribution in [2.75, 3.05) is 11.9 Å². The van der Waals surface area contributed by atoms with Crippen LogP contribution in [-0.2, 0) is 0 Å². The standard InChI is InChI=1S/C10H11NS/c1-3-10-11(2)8-6-4-5-7-9(8)12-10/h3-7,10H,1H2,2H3. The summed E-state index contributed by atoms with van der Waals surface area (Å²) >= 11 is 1.85. The predicted molar refractivity (Wildman–Crippen MR) is 54.7 cm³/mol. The Morgan fingerprint density at radius 3 is 2.92 bits per heavy atom. The minimum absolute atomic E-state index is 0.405. The van der Waals surface area contributed by atoms with Crippen molar-refractivity contribution in [3.63, 3.8) is 0 Å². The predicted octanol–water partition coefficient (Wildman–Crippen LogP) is 2.74. The van der Waals surface area contributed by atoms with Gasteiger partial charge in [0, 0.05) is 11.9 Å². The summed E-state index contributed by atoms with van der Waals surface area (Å²) in [4.78, 5) is 3.59. The van der Waals surface area contributed by atoms with Crippen molar-refractivity contribution < 1.29 is 0 Å². The van der Waals surface area contributed by atoms with Crippen molar-refractivity contribution in [3.8, 4) is 0 Å². The molecule has 0 saturated carbocycles. The van der Waals surface area contributed by atoms with Crippen molar-refractivity contribution in [1.82, 2.24) is 0 Å². The molecule has 1 aliphatic rings. The minimum Gasteiger partial charge on any atom is -0.358 e. The van der Waals surface area contributed by atoms with E-state index in [1.807, 2.05) is 17.8 Å². The monoisotopic (exact) mass is 177 g/mol. The molecule has 0 aliphatic carbocycles. The number of nitrogens with zero attached hydrogens (tertiary/aromatic N) is 1. The molecule has 0 bridgehead atoms. The quantitative estimate of drug-likeness (QED) is 0.607. The SMILES string of the molecule is C=CC1Sc2ccccc2N1C. The second kappa shape index (κ2) is 2.87. The van der Waals surface area contributed by atoms with Crippen LogP contribution in [0.2, 0.25) is 0 Å². The molecule has 2 rings (SSSR count). The van der Waals surface area contributed by atoms with Crippen molar-refractivity contribution >= 4 is 17.4 Å². The van der Waals surface area contributed by atoms with Gasteiger partial charge in [-0.15, -0.1) is 6.58 Å². The highest BCUT2D eigenvalue weighted by Crippen LogP contribution is 2.42. The van der Waals surface area contributed by atoms with Gasteiger partial charge in [0.05, 0.1) is 11.1 Å². The maximum absolute atomic E-state index is 3.81. The number of anilines is 1. The fourth-order valence-electron chi connectivity index (χ4n) is 1.40. The van der Waals surface area contributed by atoms with Crippen molar-refractivity contribution in [2.45, 2.75) is 10.3 Å². The fourth-order valence-corrected chi connectivity index (χ4v) is 2.52. The van der Waals surface area contributed by atoms with E-state index in [1.165, 1.54) is 10.6 Å². The summed E-state index contributed by atoms with van der Waals surface area (Å²) < 4.78 is 0. The first-order valence-electron chi connectivity index (χ1n) is 3.94. The van der Waals surface area contributed by atoms with Crippen LogP contribution in [0.15, 0.2) is 41.8 Å². The zero-order chi connectivity index (χ0) is 8.55. The molecule has 0 N–H and O–H groups in total. The molecule has 0 radical (unpaired) electrons. The molecule has 62 valence electrons. The van der Waals surface area contributed by atoms with Gasteiger partial charge < -0.3 is 4.90 Å². The van der Waals surface area contributed by atoms with E-state index in [4.69, 9.17) is 0 Å². The lowest BCUT2D eigenvalue weighted by atomic mass is 10.3. The lowest BCUT2D eigenvalue weighted by Crippen LogP contribution is -2.21. The lowest BCUT2D eigenvalue weighted by Gasteiger charge is -2.17. The van der Waals surface area contributed by atoms with E-state index in [1.54, 1.807) is 0 Å². The third-order valence-corrected chi connectivity index (χ3v) is 3.43. The van der Waals surface area contributed by atoms with Crippen LogP contribution in [0.5, 0.6) is 0 Å². The topological polar surface area (TPSA) is 3.24 Å². The molecule has 0 saturated heterocycles. The Kier molecular flexibility index (Phi) is 1.85. The number of rotatable bonds is 1. The summed E-state index contributed by atoms with van der Waals surface area (Å²) in [6, 6.07) is 8.44. The zero-order valence-corrected chi connectivity index (χ0v) is 7.84. The highest BCUT2D eigenvalue weighted by atomic mass is 32.2. The molecule has 1 unspecified atom stereocenters. The Morgan fingerprint density at radius 2 is 2.25 bits per heavy atom. The van der Waals surface area contributed by atoms with Crippen LogP contribution >= 0.6 is 11.8 Å². The van der Waals surface area contributed by atoms with E-state index in [0.717, 1.165) is 0 Å². The molecule has 1 atom stereocenters. The van der Waals surface area contributed by atoms with Crippen molar-refractivity contribution in [1.29, 1.82) is 0 Å². The molecule has 0 amide bonds. The molecule has 1 nitrogen and oxygen atoms in total. The van der Waals surface area contributed by atoms with E-state index in [2.05, 4.69) is 42.8 Å². The van der Waals surface area contributed by atoms with Gasteiger partial charge in [0.2, 0.25) is 0 Å². The summed E-state index contributed by atoms with van der Waals surface area (Å²) in [5, 5.41) is 0.405. The van der Waals surface area contributed by atoms with Crippen molar-refractivity contribution in [2.24, 2.45) is 0 Å². The van der Waals surface area contributed by atoms with E-state index in [0.29, 0.717) is 5.37 Å². The van der Waals surface area contributed by atoms with Crippen LogP contribution in [0.4, 0.5) is 5.69 Å². The van der Waals surface area contributed by atoms with Crippen molar-refractivity contribution in [3.05, 3.63) is 36.9 Å². The first-order chi connectivity index (χ1) is 5.83. The highest BCUT2D eigenvalue weighted by molar-refractivity contribution is 8.00. The number of hydrogen-bond donors (Lipinski definition) is 0. The van der Waals surface area contributed by atoms with Gasteiger partial charge in [-0.25, -0.2) is 0 Å². The molecule has 1 aromatic rings. The molecule has 0 aromatic heterocycles. The Morgan fingerprint density at radius 1 is 1.50 bits per heavy atom. The Hall–Kier alpha value is -0.890. The number of hydrogen-bond acceptors (Lipinski definition) is 2. The largest absolute Gasteiger partial charge is 0.358 e. The minimum atomic E-state index is 0.405. The van der Waals surface area contributed by atoms with Crippen LogP contribution in [0.1, 0.15) is 0 Å². The summed E-state index contributed by atoms with van der Waals surface area (Å²) in [6.07, 6.45) is 1.98. The van der Waals surface area contributed by atoms with Gasteiger partial charge >= 0.3 is 0 Å². The molecule has 12 heavy (non-hydrogen) atoms. The number of thioether (sulfide) groups is 1. The first kappa shape index (κ1) is 7.74. The maximum atomic E-state index is 3.81. The molecule has 1 heterocycles. The molecule has 0 spiro atoms. The van der Waals surface area contributed by atoms with E-state index >= 15 is 0 Å². The van der Waals surface area contributed by atoms with Gasteiger partial charge in [0.15, 0.2) is 0 Å². The summed E-state index contributed by atoms with van der Waals surface area (Å²) in [5.74, 6) is 0. The summed E-state index contributed by atoms with van der Waals surface area (Å²) in [5.41, 5.74) is 1.31. The van der Waals surface area contributed by atoms with Gasteiger partial charge in [-0.3, -0.25) is 0 Å². The highest BCUT2D eigenvalue weighted by Gasteiger charge is 2.23. The van der Waals surface area contributed by atoms with Crippen LogP contribution in [-0.4, -0.2) is 12.4 Å². The number of likely N-dealkylation sites (N-methyl/N-ethyl adjacent to an activating group) is 1. The summed E-state index contributed by atoms with van der Waals surface area (Å²) in [7, 11) is 2.10. The average Bonchev–Trinajstić information content (AvgIpc) is 2.44. The smallest absolute Gasteiger partial charge is 0.0977 e. The number of fused-ring (bicyclic) bond motifs is 1. The van der Waals surface area contributed by atoms with Gasteiger partial charge in [0.1, 0.15) is 0 Å². The normalized spacial score (nSPS) is 20.8. The molecule has 1 aromatic carbocycles.